The molecule has 0 aromatic heterocycles. The molecule has 0 N–H and O–H groups in total. The number of nitrogens with zero attached hydrogens (tertiary/aromatic N) is 2. The normalized spacial score (nSPS) is 22.5. The highest BCUT2D eigenvalue weighted by molar-refractivity contribution is 6.05. The number of imide groups is 1. The summed E-state index contributed by atoms with van der Waals surface area (Å²) in [7, 11) is 0. The van der Waals surface area contributed by atoms with Gasteiger partial charge in [0.1, 0.15) is 0 Å². The summed E-state index contributed by atoms with van der Waals surface area (Å²) in [6.07, 6.45) is 3.83. The van der Waals surface area contributed by atoms with Gasteiger partial charge in [0, 0.05) is 25.2 Å². The molecule has 1 aromatic rings. The molecular weight excluding hydrogens is 328 g/mol. The van der Waals surface area contributed by atoms with E-state index in [2.05, 4.69) is 6.07 Å². The summed E-state index contributed by atoms with van der Waals surface area (Å²) >= 11 is 0. The fraction of sp³-hybridized carbons (Fsp3) is 0.571. The van der Waals surface area contributed by atoms with Crippen LogP contribution in [-0.2, 0) is 14.4 Å². The Morgan fingerprint density at radius 3 is 2.08 bits per heavy atom. The molecule has 5 heteroatoms. The predicted octanol–water partition coefficient (Wildman–Crippen LogP) is 3.22. The predicted molar refractivity (Wildman–Crippen MR) is 101 cm³/mol. The molecule has 2 aliphatic rings. The first-order chi connectivity index (χ1) is 12.4. The average Bonchev–Trinajstić information content (AvgIpc) is 2.84. The van der Waals surface area contributed by atoms with E-state index in [1.54, 1.807) is 4.90 Å². The van der Waals surface area contributed by atoms with Gasteiger partial charge < -0.3 is 4.90 Å². The Morgan fingerprint density at radius 2 is 1.58 bits per heavy atom. The van der Waals surface area contributed by atoms with Gasteiger partial charge in [0.05, 0.1) is 11.8 Å². The van der Waals surface area contributed by atoms with E-state index in [4.69, 9.17) is 0 Å². The second kappa shape index (κ2) is 7.60. The van der Waals surface area contributed by atoms with Gasteiger partial charge in [0.2, 0.25) is 17.7 Å². The number of anilines is 1. The van der Waals surface area contributed by atoms with Crippen molar-refractivity contribution < 1.29 is 14.4 Å². The van der Waals surface area contributed by atoms with Crippen molar-refractivity contribution in [2.75, 3.05) is 18.0 Å². The standard InChI is InChI=1S/C21H28N2O3/c1-4-22(16-12-14(2)11-15(3)13-16)19(24)9-10-23-20(25)17-7-5-6-8-18(17)21(23)26/h11-13,17-18H,4-10H2,1-3H3. The molecule has 5 nitrogen and oxygen atoms in total. The summed E-state index contributed by atoms with van der Waals surface area (Å²) < 4.78 is 0. The van der Waals surface area contributed by atoms with Gasteiger partial charge in [-0.2, -0.15) is 0 Å². The van der Waals surface area contributed by atoms with Crippen LogP contribution in [0, 0.1) is 25.7 Å². The molecule has 0 spiro atoms. The Labute approximate surface area is 155 Å². The van der Waals surface area contributed by atoms with E-state index in [1.807, 2.05) is 32.9 Å². The Kier molecular flexibility index (Phi) is 5.44. The van der Waals surface area contributed by atoms with Crippen LogP contribution in [0.4, 0.5) is 5.69 Å². The second-order valence-corrected chi connectivity index (χ2v) is 7.56. The summed E-state index contributed by atoms with van der Waals surface area (Å²) in [4.78, 5) is 40.9. The van der Waals surface area contributed by atoms with Gasteiger partial charge >= 0.3 is 0 Å². The lowest BCUT2D eigenvalue weighted by atomic mass is 9.81. The number of aryl methyl sites for hydroxylation is 2. The van der Waals surface area contributed by atoms with Crippen LogP contribution in [0.2, 0.25) is 0 Å². The summed E-state index contributed by atoms with van der Waals surface area (Å²) in [5, 5.41) is 0. The largest absolute Gasteiger partial charge is 0.313 e. The lowest BCUT2D eigenvalue weighted by Gasteiger charge is -2.23. The van der Waals surface area contributed by atoms with E-state index in [1.165, 1.54) is 4.90 Å². The van der Waals surface area contributed by atoms with E-state index in [-0.39, 0.29) is 42.5 Å². The van der Waals surface area contributed by atoms with Gasteiger partial charge in [-0.15, -0.1) is 0 Å². The lowest BCUT2D eigenvalue weighted by molar-refractivity contribution is -0.140. The maximum atomic E-state index is 12.8. The summed E-state index contributed by atoms with van der Waals surface area (Å²) in [6.45, 7) is 6.73. The molecule has 2 unspecified atom stereocenters. The van der Waals surface area contributed by atoms with Crippen molar-refractivity contribution in [2.45, 2.75) is 52.9 Å². The average molecular weight is 356 g/mol. The van der Waals surface area contributed by atoms with Crippen LogP contribution in [0.5, 0.6) is 0 Å². The van der Waals surface area contributed by atoms with Gasteiger partial charge in [-0.05, 0) is 56.9 Å². The quantitative estimate of drug-likeness (QED) is 0.761. The highest BCUT2D eigenvalue weighted by Gasteiger charge is 2.47. The lowest BCUT2D eigenvalue weighted by Crippen LogP contribution is -2.37. The molecule has 0 bridgehead atoms. The number of carbonyl (C=O) groups is 3. The van der Waals surface area contributed by atoms with Crippen molar-refractivity contribution in [1.82, 2.24) is 4.90 Å². The highest BCUT2D eigenvalue weighted by atomic mass is 16.2. The van der Waals surface area contributed by atoms with Gasteiger partial charge in [-0.25, -0.2) is 0 Å². The molecule has 3 amide bonds. The number of carbonyl (C=O) groups excluding carboxylic acids is 3. The minimum Gasteiger partial charge on any atom is -0.313 e. The third-order valence-corrected chi connectivity index (χ3v) is 5.62. The first kappa shape index (κ1) is 18.6. The van der Waals surface area contributed by atoms with Crippen LogP contribution in [0.25, 0.3) is 0 Å². The number of fused-ring (bicyclic) bond motifs is 1. The number of hydrogen-bond donors (Lipinski definition) is 0. The van der Waals surface area contributed by atoms with Crippen molar-refractivity contribution in [3.05, 3.63) is 29.3 Å². The first-order valence-electron chi connectivity index (χ1n) is 9.66. The van der Waals surface area contributed by atoms with Crippen molar-refractivity contribution in [2.24, 2.45) is 11.8 Å². The minimum atomic E-state index is -0.145. The van der Waals surface area contributed by atoms with Crippen LogP contribution >= 0.6 is 0 Å². The van der Waals surface area contributed by atoms with Crippen LogP contribution in [0.3, 0.4) is 0 Å². The molecule has 1 saturated carbocycles. The zero-order chi connectivity index (χ0) is 18.8. The van der Waals surface area contributed by atoms with Crippen molar-refractivity contribution in [1.29, 1.82) is 0 Å². The Bertz CT molecular complexity index is 684. The molecular formula is C21H28N2O3. The summed E-state index contributed by atoms with van der Waals surface area (Å²) in [5.41, 5.74) is 3.10. The fourth-order valence-corrected chi connectivity index (χ4v) is 4.40. The molecule has 1 saturated heterocycles. The third kappa shape index (κ3) is 3.53. The molecule has 1 aliphatic heterocycles. The van der Waals surface area contributed by atoms with Crippen LogP contribution in [0.15, 0.2) is 18.2 Å². The number of hydrogen-bond acceptors (Lipinski definition) is 3. The van der Waals surface area contributed by atoms with Gasteiger partial charge in [-0.3, -0.25) is 19.3 Å². The van der Waals surface area contributed by atoms with Crippen molar-refractivity contribution in [3.8, 4) is 0 Å². The summed E-state index contributed by atoms with van der Waals surface area (Å²) in [6, 6.07) is 6.06. The monoisotopic (exact) mass is 356 g/mol. The second-order valence-electron chi connectivity index (χ2n) is 7.56. The number of likely N-dealkylation sites (tertiary alicyclic amines) is 1. The number of benzene rings is 1. The SMILES string of the molecule is CCN(C(=O)CCN1C(=O)C2CCCCC2C1=O)c1cc(C)cc(C)c1. The maximum Gasteiger partial charge on any atom is 0.233 e. The highest BCUT2D eigenvalue weighted by Crippen LogP contribution is 2.38. The molecule has 0 radical (unpaired) electrons. The zero-order valence-corrected chi connectivity index (χ0v) is 16.0. The first-order valence-corrected chi connectivity index (χ1v) is 9.66. The topological polar surface area (TPSA) is 57.7 Å². The molecule has 140 valence electrons. The molecule has 2 atom stereocenters. The molecule has 1 aromatic carbocycles. The smallest absolute Gasteiger partial charge is 0.233 e. The molecule has 1 aliphatic carbocycles. The summed E-state index contributed by atoms with van der Waals surface area (Å²) in [5.74, 6) is -0.474. The van der Waals surface area contributed by atoms with E-state index < -0.39 is 0 Å². The molecule has 3 rings (SSSR count). The van der Waals surface area contributed by atoms with Gasteiger partial charge in [0.15, 0.2) is 0 Å². The van der Waals surface area contributed by atoms with E-state index in [9.17, 15) is 14.4 Å². The van der Waals surface area contributed by atoms with Crippen LogP contribution < -0.4 is 4.90 Å². The Balaban J connectivity index is 1.67. The van der Waals surface area contributed by atoms with Crippen LogP contribution in [-0.4, -0.2) is 35.7 Å². The maximum absolute atomic E-state index is 12.8. The number of amides is 3. The van der Waals surface area contributed by atoms with E-state index in [0.29, 0.717) is 6.54 Å². The third-order valence-electron chi connectivity index (χ3n) is 5.62. The molecule has 2 fully saturated rings. The van der Waals surface area contributed by atoms with Crippen LogP contribution in [0.1, 0.15) is 50.2 Å². The molecule has 26 heavy (non-hydrogen) atoms. The zero-order valence-electron chi connectivity index (χ0n) is 16.0. The Hall–Kier alpha value is -2.17. The van der Waals surface area contributed by atoms with Gasteiger partial charge in [-0.1, -0.05) is 18.9 Å². The minimum absolute atomic E-state index is 0.0482. The van der Waals surface area contributed by atoms with E-state index in [0.717, 1.165) is 42.5 Å². The Morgan fingerprint density at radius 1 is 1.04 bits per heavy atom. The van der Waals surface area contributed by atoms with E-state index >= 15 is 0 Å². The van der Waals surface area contributed by atoms with Crippen molar-refractivity contribution >= 4 is 23.4 Å². The van der Waals surface area contributed by atoms with Crippen molar-refractivity contribution in [3.63, 3.8) is 0 Å². The number of rotatable bonds is 5. The fourth-order valence-electron chi connectivity index (χ4n) is 4.40. The molecule has 1 heterocycles. The van der Waals surface area contributed by atoms with Gasteiger partial charge in [0.25, 0.3) is 0 Å².